The Hall–Kier alpha value is -2.92. The highest BCUT2D eigenvalue weighted by Gasteiger charge is 2.14. The molecule has 1 N–H and O–H groups in total. The van der Waals surface area contributed by atoms with Gasteiger partial charge in [-0.05, 0) is 80.9 Å². The van der Waals surface area contributed by atoms with Crippen molar-refractivity contribution >= 4 is 23.4 Å². The first-order valence-corrected chi connectivity index (χ1v) is 10.8. The fourth-order valence-electron chi connectivity index (χ4n) is 3.93. The van der Waals surface area contributed by atoms with Crippen molar-refractivity contribution in [2.45, 2.75) is 26.2 Å². The van der Waals surface area contributed by atoms with E-state index in [-0.39, 0.29) is 5.91 Å². The molecule has 0 saturated carbocycles. The molecule has 0 bridgehead atoms. The first-order chi connectivity index (χ1) is 14.7. The van der Waals surface area contributed by atoms with Gasteiger partial charge in [0, 0.05) is 29.6 Å². The zero-order chi connectivity index (χ0) is 20.8. The molecule has 2 aromatic carbocycles. The van der Waals surface area contributed by atoms with Crippen LogP contribution in [0.1, 0.15) is 40.7 Å². The molecular weight excluding hydrogens is 374 g/mol. The van der Waals surface area contributed by atoms with Crippen molar-refractivity contribution in [1.82, 2.24) is 4.90 Å². The summed E-state index contributed by atoms with van der Waals surface area (Å²) in [6, 6.07) is 13.4. The molecule has 4 rings (SSSR count). The van der Waals surface area contributed by atoms with Gasteiger partial charge in [-0.3, -0.25) is 14.7 Å². The predicted molar refractivity (Wildman–Crippen MR) is 123 cm³/mol. The van der Waals surface area contributed by atoms with Crippen molar-refractivity contribution in [3.05, 3.63) is 65.2 Å². The number of likely N-dealkylation sites (tertiary alicyclic amines) is 1. The van der Waals surface area contributed by atoms with Crippen LogP contribution in [-0.2, 0) is 0 Å². The van der Waals surface area contributed by atoms with Crippen molar-refractivity contribution in [3.63, 3.8) is 0 Å². The first-order valence-electron chi connectivity index (χ1n) is 10.8. The van der Waals surface area contributed by atoms with Gasteiger partial charge in [-0.2, -0.15) is 0 Å². The number of aryl methyl sites for hydroxylation is 1. The van der Waals surface area contributed by atoms with E-state index < -0.39 is 0 Å². The number of amides is 1. The van der Waals surface area contributed by atoms with Crippen molar-refractivity contribution in [2.24, 2.45) is 4.99 Å². The van der Waals surface area contributed by atoms with Crippen LogP contribution in [0.2, 0.25) is 0 Å². The quantitative estimate of drug-likeness (QED) is 0.736. The highest BCUT2D eigenvalue weighted by Crippen LogP contribution is 2.27. The number of ether oxygens (including phenoxy) is 1. The highest BCUT2D eigenvalue weighted by atomic mass is 16.5. The fraction of sp³-hybridized carbons (Fsp3) is 0.360. The largest absolute Gasteiger partial charge is 0.492 e. The third-order valence-corrected chi connectivity index (χ3v) is 5.65. The van der Waals surface area contributed by atoms with Crippen LogP contribution < -0.4 is 10.1 Å². The lowest BCUT2D eigenvalue weighted by molar-refractivity contribution is 0.102. The number of piperidine rings is 1. The topological polar surface area (TPSA) is 53.9 Å². The van der Waals surface area contributed by atoms with Gasteiger partial charge in [0.2, 0.25) is 0 Å². The van der Waals surface area contributed by atoms with Crippen LogP contribution in [0.25, 0.3) is 5.57 Å². The van der Waals surface area contributed by atoms with E-state index in [1.807, 2.05) is 48.7 Å². The summed E-state index contributed by atoms with van der Waals surface area (Å²) in [5.74, 6) is 0.673. The van der Waals surface area contributed by atoms with Gasteiger partial charge in [0.15, 0.2) is 0 Å². The lowest BCUT2D eigenvalue weighted by atomic mass is 10.0. The maximum atomic E-state index is 12.8. The average Bonchev–Trinajstić information content (AvgIpc) is 3.31. The minimum absolute atomic E-state index is 0.125. The second-order valence-electron chi connectivity index (χ2n) is 7.96. The number of allylic oxidation sites excluding steroid dienone is 1. The molecule has 1 fully saturated rings. The van der Waals surface area contributed by atoms with E-state index in [1.54, 1.807) is 0 Å². The molecule has 5 nitrogen and oxygen atoms in total. The minimum atomic E-state index is -0.125. The van der Waals surface area contributed by atoms with Gasteiger partial charge in [-0.15, -0.1) is 0 Å². The molecule has 2 aliphatic heterocycles. The molecule has 5 heteroatoms. The summed E-state index contributed by atoms with van der Waals surface area (Å²) in [6.45, 7) is 6.68. The molecule has 30 heavy (non-hydrogen) atoms. The Bertz CT molecular complexity index is 941. The highest BCUT2D eigenvalue weighted by molar-refractivity contribution is 6.06. The number of rotatable bonds is 7. The number of benzene rings is 2. The second kappa shape index (κ2) is 9.72. The van der Waals surface area contributed by atoms with Gasteiger partial charge in [0.05, 0.1) is 6.54 Å². The van der Waals surface area contributed by atoms with Crippen molar-refractivity contribution in [1.29, 1.82) is 0 Å². The number of carbonyl (C=O) groups is 1. The summed E-state index contributed by atoms with van der Waals surface area (Å²) < 4.78 is 5.87. The van der Waals surface area contributed by atoms with Crippen molar-refractivity contribution in [2.75, 3.05) is 38.1 Å². The standard InChI is InChI=1S/C25H29N3O2/c1-19-5-10-24(23(17-19)21-11-12-26-18-21)27-25(29)20-6-8-22(9-7-20)30-16-15-28-13-3-2-4-14-28/h5-12,17H,2-4,13-16,18H2,1H3,(H,27,29). The monoisotopic (exact) mass is 403 g/mol. The summed E-state index contributed by atoms with van der Waals surface area (Å²) in [7, 11) is 0. The van der Waals surface area contributed by atoms with Gasteiger partial charge in [-0.25, -0.2) is 0 Å². The number of anilines is 1. The zero-order valence-electron chi connectivity index (χ0n) is 17.6. The molecule has 1 saturated heterocycles. The summed E-state index contributed by atoms with van der Waals surface area (Å²) in [5.41, 5.74) is 4.72. The zero-order valence-corrected chi connectivity index (χ0v) is 17.6. The Morgan fingerprint density at radius 1 is 1.10 bits per heavy atom. The molecule has 0 atom stereocenters. The van der Waals surface area contributed by atoms with E-state index in [9.17, 15) is 4.79 Å². The molecule has 0 unspecified atom stereocenters. The second-order valence-corrected chi connectivity index (χ2v) is 7.96. The predicted octanol–water partition coefficient (Wildman–Crippen LogP) is 4.58. The van der Waals surface area contributed by atoms with E-state index in [1.165, 1.54) is 32.4 Å². The van der Waals surface area contributed by atoms with Crippen molar-refractivity contribution < 1.29 is 9.53 Å². The van der Waals surface area contributed by atoms with Crippen LogP contribution in [0.15, 0.2) is 53.5 Å². The maximum absolute atomic E-state index is 12.8. The Morgan fingerprint density at radius 2 is 1.90 bits per heavy atom. The molecule has 0 aromatic heterocycles. The van der Waals surface area contributed by atoms with Gasteiger partial charge in [0.25, 0.3) is 5.91 Å². The van der Waals surface area contributed by atoms with E-state index in [0.717, 1.165) is 34.7 Å². The van der Waals surface area contributed by atoms with E-state index in [4.69, 9.17) is 4.74 Å². The molecule has 2 aliphatic rings. The Balaban J connectivity index is 1.35. The summed E-state index contributed by atoms with van der Waals surface area (Å²) in [4.78, 5) is 19.5. The maximum Gasteiger partial charge on any atom is 0.255 e. The van der Waals surface area contributed by atoms with E-state index >= 15 is 0 Å². The third kappa shape index (κ3) is 5.16. The summed E-state index contributed by atoms with van der Waals surface area (Å²) in [5, 5.41) is 3.05. The average molecular weight is 404 g/mol. The van der Waals surface area contributed by atoms with Crippen LogP contribution >= 0.6 is 0 Å². The molecule has 1 amide bonds. The van der Waals surface area contributed by atoms with Gasteiger partial charge < -0.3 is 10.1 Å². The van der Waals surface area contributed by atoms with Gasteiger partial charge in [-0.1, -0.05) is 18.1 Å². The molecule has 2 aromatic rings. The molecular formula is C25H29N3O2. The number of nitrogens with one attached hydrogen (secondary N) is 1. The van der Waals surface area contributed by atoms with E-state index in [2.05, 4.69) is 28.2 Å². The van der Waals surface area contributed by atoms with Gasteiger partial charge in [0.1, 0.15) is 12.4 Å². The molecule has 0 aliphatic carbocycles. The normalized spacial score (nSPS) is 16.4. The lowest BCUT2D eigenvalue weighted by Gasteiger charge is -2.26. The van der Waals surface area contributed by atoms with Crippen LogP contribution in [0, 0.1) is 6.92 Å². The molecule has 2 heterocycles. The van der Waals surface area contributed by atoms with Crippen LogP contribution in [0.3, 0.4) is 0 Å². The Labute approximate surface area is 178 Å². The fourth-order valence-corrected chi connectivity index (χ4v) is 3.93. The number of aliphatic imine (C=N–C) groups is 1. The van der Waals surface area contributed by atoms with Crippen molar-refractivity contribution in [3.8, 4) is 5.75 Å². The molecule has 156 valence electrons. The summed E-state index contributed by atoms with van der Waals surface area (Å²) in [6.07, 6.45) is 7.73. The smallest absolute Gasteiger partial charge is 0.255 e. The number of carbonyl (C=O) groups excluding carboxylic acids is 1. The lowest BCUT2D eigenvalue weighted by Crippen LogP contribution is -2.33. The third-order valence-electron chi connectivity index (χ3n) is 5.65. The number of nitrogens with zero attached hydrogens (tertiary/aromatic N) is 2. The number of hydrogen-bond donors (Lipinski definition) is 1. The van der Waals surface area contributed by atoms with Gasteiger partial charge >= 0.3 is 0 Å². The molecule has 0 spiro atoms. The molecule has 0 radical (unpaired) electrons. The summed E-state index contributed by atoms with van der Waals surface area (Å²) >= 11 is 0. The Morgan fingerprint density at radius 3 is 2.63 bits per heavy atom. The number of hydrogen-bond acceptors (Lipinski definition) is 4. The first kappa shape index (κ1) is 20.4. The SMILES string of the molecule is Cc1ccc(NC(=O)c2ccc(OCCN3CCCCC3)cc2)c(C2=CC=NC2)c1. The van der Waals surface area contributed by atoms with Crippen LogP contribution in [0.5, 0.6) is 5.75 Å². The Kier molecular flexibility index (Phi) is 6.60. The van der Waals surface area contributed by atoms with Crippen LogP contribution in [0.4, 0.5) is 5.69 Å². The van der Waals surface area contributed by atoms with Crippen LogP contribution in [-0.4, -0.2) is 49.8 Å². The van der Waals surface area contributed by atoms with E-state index in [0.29, 0.717) is 18.7 Å². The minimum Gasteiger partial charge on any atom is -0.492 e.